The van der Waals surface area contributed by atoms with E-state index in [9.17, 15) is 9.59 Å². The van der Waals surface area contributed by atoms with Crippen LogP contribution < -0.4 is 16.2 Å². The molecule has 0 fully saturated rings. The predicted molar refractivity (Wildman–Crippen MR) is 132 cm³/mol. The topological polar surface area (TPSA) is 88.3 Å². The van der Waals surface area contributed by atoms with Gasteiger partial charge in [-0.1, -0.05) is 74.5 Å². The normalized spacial score (nSPS) is 10.9. The molecule has 0 aliphatic carbocycles. The van der Waals surface area contributed by atoms with Crippen LogP contribution in [0.2, 0.25) is 0 Å². The number of amides is 3. The summed E-state index contributed by atoms with van der Waals surface area (Å²) in [7, 11) is 0. The molecule has 0 aliphatic rings. The zero-order valence-corrected chi connectivity index (χ0v) is 18.7. The number of anilines is 1. The molecule has 4 rings (SSSR count). The third kappa shape index (κ3) is 5.01. The molecule has 6 heteroatoms. The minimum atomic E-state index is -0.783. The molecule has 1 aromatic heterocycles. The van der Waals surface area contributed by atoms with Gasteiger partial charge < -0.3 is 5.73 Å². The number of carbonyl (C=O) groups excluding carboxylic acids is 2. The molecule has 166 valence electrons. The average Bonchev–Trinajstić information content (AvgIpc) is 2.82. The summed E-state index contributed by atoms with van der Waals surface area (Å²) in [6.45, 7) is 4.38. The van der Waals surface area contributed by atoms with Gasteiger partial charge in [-0.05, 0) is 42.2 Å². The van der Waals surface area contributed by atoms with E-state index < -0.39 is 11.9 Å². The third-order valence-corrected chi connectivity index (χ3v) is 5.30. The number of urea groups is 1. The molecule has 4 aromatic rings. The number of para-hydroxylation sites is 2. The molecule has 0 spiro atoms. The number of fused-ring (bicyclic) bond motifs is 1. The van der Waals surface area contributed by atoms with Gasteiger partial charge in [0.15, 0.2) is 0 Å². The Hall–Kier alpha value is -4.19. The number of aromatic nitrogens is 1. The Morgan fingerprint density at radius 1 is 0.939 bits per heavy atom. The van der Waals surface area contributed by atoms with Crippen LogP contribution in [-0.4, -0.2) is 16.9 Å². The van der Waals surface area contributed by atoms with Crippen molar-refractivity contribution in [3.05, 3.63) is 96.1 Å². The van der Waals surface area contributed by atoms with E-state index in [0.29, 0.717) is 33.8 Å². The van der Waals surface area contributed by atoms with Crippen molar-refractivity contribution in [2.75, 3.05) is 5.01 Å². The number of primary amides is 1. The molecule has 3 amide bonds. The standard InChI is InChI=1S/C27H26N4O2/c1-18(2)16-19-12-14-20(15-13-19)25-17-23(22-10-6-7-11-24(22)29-25)26(32)30-31(27(28)33)21-8-4-3-5-9-21/h3-15,17-18H,16H2,1-2H3,(H2,28,33)(H,30,32). The fourth-order valence-electron chi connectivity index (χ4n) is 3.78. The van der Waals surface area contributed by atoms with Gasteiger partial charge in [-0.3, -0.25) is 10.2 Å². The Bertz CT molecular complexity index is 1280. The average molecular weight is 439 g/mol. The summed E-state index contributed by atoms with van der Waals surface area (Å²) >= 11 is 0. The molecule has 1 heterocycles. The van der Waals surface area contributed by atoms with Crippen molar-refractivity contribution < 1.29 is 9.59 Å². The van der Waals surface area contributed by atoms with E-state index in [1.54, 1.807) is 30.3 Å². The number of nitrogens with two attached hydrogens (primary N) is 1. The van der Waals surface area contributed by atoms with Crippen LogP contribution in [0.25, 0.3) is 22.2 Å². The Labute approximate surface area is 193 Å². The zero-order valence-electron chi connectivity index (χ0n) is 18.7. The molecule has 0 atom stereocenters. The highest BCUT2D eigenvalue weighted by Crippen LogP contribution is 2.26. The van der Waals surface area contributed by atoms with Gasteiger partial charge in [0.05, 0.1) is 22.5 Å². The van der Waals surface area contributed by atoms with E-state index in [1.807, 2.05) is 42.5 Å². The highest BCUT2D eigenvalue weighted by Gasteiger charge is 2.19. The third-order valence-electron chi connectivity index (χ3n) is 5.30. The lowest BCUT2D eigenvalue weighted by molar-refractivity contribution is 0.0952. The van der Waals surface area contributed by atoms with Gasteiger partial charge in [0.25, 0.3) is 5.91 Å². The zero-order chi connectivity index (χ0) is 23.4. The molecule has 0 saturated heterocycles. The number of benzene rings is 3. The molecule has 0 aliphatic heterocycles. The Kier molecular flexibility index (Phi) is 6.36. The van der Waals surface area contributed by atoms with Gasteiger partial charge >= 0.3 is 6.03 Å². The summed E-state index contributed by atoms with van der Waals surface area (Å²) in [5, 5.41) is 1.73. The number of hydrogen-bond donors (Lipinski definition) is 2. The summed E-state index contributed by atoms with van der Waals surface area (Å²) < 4.78 is 0. The summed E-state index contributed by atoms with van der Waals surface area (Å²) in [5.41, 5.74) is 12.6. The van der Waals surface area contributed by atoms with E-state index in [1.165, 1.54) is 5.56 Å². The Morgan fingerprint density at radius 3 is 2.27 bits per heavy atom. The smallest absolute Gasteiger partial charge is 0.338 e. The first-order valence-corrected chi connectivity index (χ1v) is 10.9. The van der Waals surface area contributed by atoms with Crippen LogP contribution in [0.3, 0.4) is 0 Å². The first kappa shape index (κ1) is 22.0. The minimum absolute atomic E-state index is 0.407. The number of hydrogen-bond acceptors (Lipinski definition) is 3. The number of nitrogens with one attached hydrogen (secondary N) is 1. The quantitative estimate of drug-likeness (QED) is 0.413. The SMILES string of the molecule is CC(C)Cc1ccc(-c2cc(C(=O)NN(C(N)=O)c3ccccc3)c3ccccc3n2)cc1. The van der Waals surface area contributed by atoms with Crippen LogP contribution in [-0.2, 0) is 6.42 Å². The van der Waals surface area contributed by atoms with E-state index in [2.05, 4.69) is 31.4 Å². The van der Waals surface area contributed by atoms with Crippen molar-refractivity contribution in [1.82, 2.24) is 10.4 Å². The Balaban J connectivity index is 1.72. The lowest BCUT2D eigenvalue weighted by Crippen LogP contribution is -2.49. The lowest BCUT2D eigenvalue weighted by Gasteiger charge is -2.21. The molecule has 0 radical (unpaired) electrons. The van der Waals surface area contributed by atoms with Gasteiger partial charge in [-0.25, -0.2) is 14.8 Å². The van der Waals surface area contributed by atoms with Crippen molar-refractivity contribution in [1.29, 1.82) is 0 Å². The van der Waals surface area contributed by atoms with E-state index >= 15 is 0 Å². The van der Waals surface area contributed by atoms with Gasteiger partial charge in [-0.15, -0.1) is 0 Å². The summed E-state index contributed by atoms with van der Waals surface area (Å²) in [6.07, 6.45) is 1.00. The fraction of sp³-hybridized carbons (Fsp3) is 0.148. The van der Waals surface area contributed by atoms with Crippen LogP contribution in [0.4, 0.5) is 10.5 Å². The van der Waals surface area contributed by atoms with Crippen LogP contribution >= 0.6 is 0 Å². The first-order chi connectivity index (χ1) is 15.9. The first-order valence-electron chi connectivity index (χ1n) is 10.9. The van der Waals surface area contributed by atoms with E-state index in [-0.39, 0.29) is 0 Å². The van der Waals surface area contributed by atoms with Crippen molar-refractivity contribution in [3.63, 3.8) is 0 Å². The van der Waals surface area contributed by atoms with E-state index in [4.69, 9.17) is 10.7 Å². The number of carbonyl (C=O) groups is 2. The van der Waals surface area contributed by atoms with E-state index in [0.717, 1.165) is 17.0 Å². The highest BCUT2D eigenvalue weighted by molar-refractivity contribution is 6.09. The second-order valence-corrected chi connectivity index (χ2v) is 8.32. The largest absolute Gasteiger partial charge is 0.350 e. The summed E-state index contributed by atoms with van der Waals surface area (Å²) in [4.78, 5) is 30.1. The molecule has 0 unspecified atom stereocenters. The maximum Gasteiger partial charge on any atom is 0.338 e. The Morgan fingerprint density at radius 2 is 1.61 bits per heavy atom. The van der Waals surface area contributed by atoms with Crippen molar-refractivity contribution in [3.8, 4) is 11.3 Å². The second kappa shape index (κ2) is 9.53. The number of hydrazine groups is 1. The highest BCUT2D eigenvalue weighted by atomic mass is 16.2. The maximum absolute atomic E-state index is 13.3. The van der Waals surface area contributed by atoms with Gasteiger partial charge in [-0.2, -0.15) is 0 Å². The summed E-state index contributed by atoms with van der Waals surface area (Å²) in [5.74, 6) is 0.122. The molecule has 0 bridgehead atoms. The molecular weight excluding hydrogens is 412 g/mol. The van der Waals surface area contributed by atoms with Gasteiger partial charge in [0, 0.05) is 10.9 Å². The number of pyridine rings is 1. The maximum atomic E-state index is 13.3. The minimum Gasteiger partial charge on any atom is -0.350 e. The number of rotatable bonds is 5. The summed E-state index contributed by atoms with van der Waals surface area (Å²) in [6, 6.07) is 25.4. The lowest BCUT2D eigenvalue weighted by atomic mass is 9.99. The molecule has 3 N–H and O–H groups in total. The van der Waals surface area contributed by atoms with Crippen LogP contribution in [0.1, 0.15) is 29.8 Å². The van der Waals surface area contributed by atoms with Crippen molar-refractivity contribution >= 4 is 28.5 Å². The van der Waals surface area contributed by atoms with Crippen LogP contribution in [0.5, 0.6) is 0 Å². The van der Waals surface area contributed by atoms with Crippen molar-refractivity contribution in [2.45, 2.75) is 20.3 Å². The molecule has 0 saturated carbocycles. The predicted octanol–water partition coefficient (Wildman–Crippen LogP) is 5.33. The molecule has 33 heavy (non-hydrogen) atoms. The monoisotopic (exact) mass is 438 g/mol. The van der Waals surface area contributed by atoms with Gasteiger partial charge in [0.1, 0.15) is 0 Å². The van der Waals surface area contributed by atoms with Crippen LogP contribution in [0, 0.1) is 5.92 Å². The van der Waals surface area contributed by atoms with Gasteiger partial charge in [0.2, 0.25) is 0 Å². The van der Waals surface area contributed by atoms with Crippen LogP contribution in [0.15, 0.2) is 84.9 Å². The number of nitrogens with zero attached hydrogens (tertiary/aromatic N) is 2. The molecule has 3 aromatic carbocycles. The van der Waals surface area contributed by atoms with Crippen molar-refractivity contribution in [2.24, 2.45) is 11.7 Å². The second-order valence-electron chi connectivity index (χ2n) is 8.32. The molecule has 6 nitrogen and oxygen atoms in total. The fourth-order valence-corrected chi connectivity index (χ4v) is 3.78. The molecular formula is C27H26N4O2.